The van der Waals surface area contributed by atoms with Crippen molar-refractivity contribution in [1.29, 1.82) is 0 Å². The predicted octanol–water partition coefficient (Wildman–Crippen LogP) is 2.32. The van der Waals surface area contributed by atoms with E-state index in [1.807, 2.05) is 36.1 Å². The van der Waals surface area contributed by atoms with Crippen LogP contribution in [0.4, 0.5) is 5.69 Å². The molecule has 0 aliphatic carbocycles. The highest BCUT2D eigenvalue weighted by Crippen LogP contribution is 2.23. The van der Waals surface area contributed by atoms with Gasteiger partial charge >= 0.3 is 5.97 Å². The van der Waals surface area contributed by atoms with Crippen LogP contribution in [0.2, 0.25) is 0 Å². The number of benzene rings is 1. The summed E-state index contributed by atoms with van der Waals surface area (Å²) in [6, 6.07) is 8.96. The molecule has 0 unspecified atom stereocenters. The molecule has 6 nitrogen and oxygen atoms in total. The molecule has 0 bridgehead atoms. The summed E-state index contributed by atoms with van der Waals surface area (Å²) >= 11 is 0. The summed E-state index contributed by atoms with van der Waals surface area (Å²) in [7, 11) is 0. The first-order valence-corrected chi connectivity index (χ1v) is 8.24. The van der Waals surface area contributed by atoms with E-state index < -0.39 is 5.97 Å². The van der Waals surface area contributed by atoms with Crippen LogP contribution in [0.3, 0.4) is 0 Å². The van der Waals surface area contributed by atoms with Crippen molar-refractivity contribution in [3.63, 3.8) is 0 Å². The molecule has 0 saturated carbocycles. The molecule has 1 aromatic heterocycles. The Labute approximate surface area is 140 Å². The molecule has 2 aromatic rings. The number of carbonyl (C=O) groups excluding carboxylic acids is 1. The molecule has 3 rings (SSSR count). The lowest BCUT2D eigenvalue weighted by Crippen LogP contribution is -2.30. The molecule has 24 heavy (non-hydrogen) atoms. The molecular weight excluding hydrogens is 306 g/mol. The Morgan fingerprint density at radius 2 is 1.92 bits per heavy atom. The van der Waals surface area contributed by atoms with Crippen molar-refractivity contribution < 1.29 is 9.53 Å². The lowest BCUT2D eigenvalue weighted by molar-refractivity contribution is 0.0518. The zero-order chi connectivity index (χ0) is 17.1. The molecule has 1 fully saturated rings. The van der Waals surface area contributed by atoms with Crippen LogP contribution in [0, 0.1) is 6.92 Å². The number of esters is 1. The maximum absolute atomic E-state index is 12.6. The monoisotopic (exact) mass is 327 g/mol. The van der Waals surface area contributed by atoms with Crippen LogP contribution in [0.15, 0.2) is 35.1 Å². The van der Waals surface area contributed by atoms with Crippen LogP contribution in [0.5, 0.6) is 0 Å². The van der Waals surface area contributed by atoms with Gasteiger partial charge in [0.05, 0.1) is 18.0 Å². The van der Waals surface area contributed by atoms with Crippen molar-refractivity contribution in [2.45, 2.75) is 26.7 Å². The van der Waals surface area contributed by atoms with Gasteiger partial charge in [-0.2, -0.15) is 9.78 Å². The van der Waals surface area contributed by atoms with Gasteiger partial charge < -0.3 is 9.64 Å². The number of para-hydroxylation sites is 1. The van der Waals surface area contributed by atoms with Gasteiger partial charge in [-0.05, 0) is 38.3 Å². The molecule has 1 aromatic carbocycles. The minimum Gasteiger partial charge on any atom is -0.461 e. The highest BCUT2D eigenvalue weighted by atomic mass is 16.5. The smallest absolute Gasteiger partial charge is 0.360 e. The molecule has 2 heterocycles. The minimum absolute atomic E-state index is 0.196. The topological polar surface area (TPSA) is 64.4 Å². The second-order valence-electron chi connectivity index (χ2n) is 5.83. The van der Waals surface area contributed by atoms with Gasteiger partial charge in [0.2, 0.25) is 0 Å². The van der Waals surface area contributed by atoms with E-state index in [9.17, 15) is 9.59 Å². The summed E-state index contributed by atoms with van der Waals surface area (Å²) in [5, 5.41) is 4.35. The minimum atomic E-state index is -0.498. The first kappa shape index (κ1) is 16.2. The zero-order valence-corrected chi connectivity index (χ0v) is 14.0. The Hall–Kier alpha value is -2.63. The van der Waals surface area contributed by atoms with E-state index in [4.69, 9.17) is 4.74 Å². The number of anilines is 1. The Balaban J connectivity index is 2.15. The molecule has 126 valence electrons. The molecule has 1 aliphatic rings. The predicted molar refractivity (Wildman–Crippen MR) is 92.0 cm³/mol. The molecule has 6 heteroatoms. The Bertz CT molecular complexity index is 807. The maximum Gasteiger partial charge on any atom is 0.360 e. The third kappa shape index (κ3) is 3.04. The SMILES string of the molecule is CCOC(=O)c1nn(-c2ccccc2C)c(=O)cc1N1CCCC1. The number of carbonyl (C=O) groups is 1. The van der Waals surface area contributed by atoms with Gasteiger partial charge in [0.15, 0.2) is 5.69 Å². The van der Waals surface area contributed by atoms with Gasteiger partial charge in [0.1, 0.15) is 0 Å². The fourth-order valence-corrected chi connectivity index (χ4v) is 2.96. The van der Waals surface area contributed by atoms with Gasteiger partial charge in [0.25, 0.3) is 5.56 Å². The van der Waals surface area contributed by atoms with Crippen LogP contribution in [-0.4, -0.2) is 35.4 Å². The molecule has 0 radical (unpaired) electrons. The highest BCUT2D eigenvalue weighted by Gasteiger charge is 2.24. The van der Waals surface area contributed by atoms with E-state index in [1.54, 1.807) is 6.92 Å². The van der Waals surface area contributed by atoms with E-state index in [0.29, 0.717) is 11.4 Å². The molecule has 0 spiro atoms. The summed E-state index contributed by atoms with van der Waals surface area (Å²) in [6.45, 7) is 5.57. The standard InChI is InChI=1S/C18H21N3O3/c1-3-24-18(23)17-15(20-10-6-7-11-20)12-16(22)21(19-17)14-9-5-4-8-13(14)2/h4-5,8-9,12H,3,6-7,10-11H2,1-2H3. The van der Waals surface area contributed by atoms with E-state index in [0.717, 1.165) is 31.5 Å². The number of aromatic nitrogens is 2. The fourth-order valence-electron chi connectivity index (χ4n) is 2.96. The van der Waals surface area contributed by atoms with Gasteiger partial charge in [-0.15, -0.1) is 0 Å². The van der Waals surface area contributed by atoms with Crippen LogP contribution < -0.4 is 10.5 Å². The Kier molecular flexibility index (Phi) is 4.64. The van der Waals surface area contributed by atoms with E-state index in [1.165, 1.54) is 10.7 Å². The maximum atomic E-state index is 12.6. The molecular formula is C18H21N3O3. The highest BCUT2D eigenvalue weighted by molar-refractivity contribution is 5.93. The second kappa shape index (κ2) is 6.86. The quantitative estimate of drug-likeness (QED) is 0.806. The normalized spacial score (nSPS) is 14.0. The van der Waals surface area contributed by atoms with Crippen molar-refractivity contribution in [2.75, 3.05) is 24.6 Å². The van der Waals surface area contributed by atoms with Crippen LogP contribution in [0.25, 0.3) is 5.69 Å². The summed E-state index contributed by atoms with van der Waals surface area (Å²) in [5.74, 6) is -0.498. The largest absolute Gasteiger partial charge is 0.461 e. The number of hydrogen-bond donors (Lipinski definition) is 0. The third-order valence-electron chi connectivity index (χ3n) is 4.17. The average Bonchev–Trinajstić information content (AvgIpc) is 3.10. The van der Waals surface area contributed by atoms with Crippen molar-refractivity contribution in [3.05, 3.63) is 51.9 Å². The number of nitrogens with zero attached hydrogens (tertiary/aromatic N) is 3. The Morgan fingerprint density at radius 3 is 2.58 bits per heavy atom. The van der Waals surface area contributed by atoms with Gasteiger partial charge in [-0.25, -0.2) is 4.79 Å². The third-order valence-corrected chi connectivity index (χ3v) is 4.17. The van der Waals surface area contributed by atoms with Gasteiger partial charge in [-0.1, -0.05) is 18.2 Å². The van der Waals surface area contributed by atoms with Crippen molar-refractivity contribution >= 4 is 11.7 Å². The summed E-state index contributed by atoms with van der Waals surface area (Å²) < 4.78 is 6.42. The molecule has 1 aliphatic heterocycles. The van der Waals surface area contributed by atoms with Crippen molar-refractivity contribution in [3.8, 4) is 5.69 Å². The Morgan fingerprint density at radius 1 is 1.21 bits per heavy atom. The summed E-state index contributed by atoms with van der Waals surface area (Å²) in [6.07, 6.45) is 2.09. The molecule has 0 N–H and O–H groups in total. The van der Waals surface area contributed by atoms with Crippen LogP contribution in [-0.2, 0) is 4.74 Å². The first-order chi connectivity index (χ1) is 11.6. The first-order valence-electron chi connectivity index (χ1n) is 8.24. The zero-order valence-electron chi connectivity index (χ0n) is 14.0. The molecule has 0 amide bonds. The molecule has 1 saturated heterocycles. The summed E-state index contributed by atoms with van der Waals surface area (Å²) in [5.41, 5.74) is 2.10. The van der Waals surface area contributed by atoms with E-state index >= 15 is 0 Å². The van der Waals surface area contributed by atoms with E-state index in [2.05, 4.69) is 5.10 Å². The number of ether oxygens (including phenoxy) is 1. The van der Waals surface area contributed by atoms with Crippen LogP contribution in [0.1, 0.15) is 35.8 Å². The summed E-state index contributed by atoms with van der Waals surface area (Å²) in [4.78, 5) is 27.0. The van der Waals surface area contributed by atoms with Crippen molar-refractivity contribution in [1.82, 2.24) is 9.78 Å². The second-order valence-corrected chi connectivity index (χ2v) is 5.83. The van der Waals surface area contributed by atoms with Crippen LogP contribution >= 0.6 is 0 Å². The number of aryl methyl sites for hydroxylation is 1. The number of hydrogen-bond acceptors (Lipinski definition) is 5. The van der Waals surface area contributed by atoms with Crippen molar-refractivity contribution in [2.24, 2.45) is 0 Å². The fraction of sp³-hybridized carbons (Fsp3) is 0.389. The molecule has 0 atom stereocenters. The van der Waals surface area contributed by atoms with Gasteiger partial charge in [-0.3, -0.25) is 4.79 Å². The lowest BCUT2D eigenvalue weighted by atomic mass is 10.2. The number of rotatable bonds is 4. The van der Waals surface area contributed by atoms with E-state index in [-0.39, 0.29) is 17.9 Å². The van der Waals surface area contributed by atoms with Gasteiger partial charge in [0, 0.05) is 19.2 Å². The lowest BCUT2D eigenvalue weighted by Gasteiger charge is -2.20. The average molecular weight is 327 g/mol.